The Morgan fingerprint density at radius 1 is 1.44 bits per heavy atom. The lowest BCUT2D eigenvalue weighted by molar-refractivity contribution is -0.127. The first-order chi connectivity index (χ1) is 16.4. The smallest absolute Gasteiger partial charge is 0.255 e. The first-order valence-electron chi connectivity index (χ1n) is 10.5. The number of rotatable bonds is 6. The van der Waals surface area contributed by atoms with Gasteiger partial charge in [0.15, 0.2) is 11.5 Å². The van der Waals surface area contributed by atoms with Crippen molar-refractivity contribution in [3.63, 3.8) is 0 Å². The predicted octanol–water partition coefficient (Wildman–Crippen LogP) is 1.18. The second-order valence-corrected chi connectivity index (χ2v) is 7.80. The molecule has 1 saturated heterocycles. The molecule has 1 fully saturated rings. The summed E-state index contributed by atoms with van der Waals surface area (Å²) in [4.78, 5) is 30.4. The minimum atomic E-state index is -0.727. The number of pyridine rings is 1. The number of halogens is 1. The molecule has 0 unspecified atom stereocenters. The van der Waals surface area contributed by atoms with E-state index in [1.165, 1.54) is 22.7 Å². The Balaban J connectivity index is 1.75. The van der Waals surface area contributed by atoms with Gasteiger partial charge in [0.25, 0.3) is 5.91 Å². The molecule has 176 valence electrons. The highest BCUT2D eigenvalue weighted by Crippen LogP contribution is 2.32. The third-order valence-corrected chi connectivity index (χ3v) is 5.75. The number of primary amides is 1. The highest BCUT2D eigenvalue weighted by Gasteiger charge is 2.37. The number of aromatic nitrogens is 4. The highest BCUT2D eigenvalue weighted by atomic mass is 19.1. The number of ether oxygens (including phenoxy) is 1. The van der Waals surface area contributed by atoms with E-state index in [-0.39, 0.29) is 34.8 Å². The SMILES string of the molecule is C=CC(=O)N1C[C@@H](n2nc(C#Cc3cc4nccn4cc3F)c(C(N)=O)c2NC)C[C@@H]1COC. The summed E-state index contributed by atoms with van der Waals surface area (Å²) in [5, 5.41) is 7.49. The summed E-state index contributed by atoms with van der Waals surface area (Å²) in [6.07, 6.45) is 6.25. The normalized spacial score (nSPS) is 17.4. The van der Waals surface area contributed by atoms with E-state index in [4.69, 9.17) is 10.5 Å². The Morgan fingerprint density at radius 2 is 2.24 bits per heavy atom. The van der Waals surface area contributed by atoms with Crippen LogP contribution in [-0.4, -0.2) is 69.2 Å². The van der Waals surface area contributed by atoms with Crippen LogP contribution in [0, 0.1) is 17.7 Å². The van der Waals surface area contributed by atoms with E-state index < -0.39 is 11.7 Å². The standard InChI is InChI=1S/C23H24FN7O3/c1-4-20(32)30-11-15(10-16(30)13-34-3)31-23(26-2)21(22(25)33)18(28-31)6-5-14-9-19-27-7-8-29(19)12-17(14)24/h4,7-9,12,15-16,26H,1,10-11,13H2,2-3H3,(H2,25,33)/t15-,16+/m0/s1. The van der Waals surface area contributed by atoms with Crippen molar-refractivity contribution < 1.29 is 18.7 Å². The molecule has 2 atom stereocenters. The second-order valence-electron chi connectivity index (χ2n) is 7.80. The van der Waals surface area contributed by atoms with Gasteiger partial charge in [0.1, 0.15) is 17.0 Å². The third kappa shape index (κ3) is 4.11. The Kier molecular flexibility index (Phi) is 6.34. The molecule has 3 aromatic rings. The topological polar surface area (TPSA) is 120 Å². The molecule has 0 radical (unpaired) electrons. The molecule has 0 spiro atoms. The van der Waals surface area contributed by atoms with Gasteiger partial charge in [-0.05, 0) is 24.5 Å². The van der Waals surface area contributed by atoms with Crippen molar-refractivity contribution in [3.8, 4) is 11.8 Å². The molecular weight excluding hydrogens is 441 g/mol. The number of carbonyl (C=O) groups is 2. The maximum atomic E-state index is 14.5. The number of methoxy groups -OCH3 is 1. The van der Waals surface area contributed by atoms with Gasteiger partial charge in [-0.3, -0.25) is 9.59 Å². The van der Waals surface area contributed by atoms with Gasteiger partial charge in [0, 0.05) is 39.3 Å². The quantitative estimate of drug-likeness (QED) is 0.417. The van der Waals surface area contributed by atoms with Gasteiger partial charge in [-0.25, -0.2) is 14.1 Å². The highest BCUT2D eigenvalue weighted by molar-refractivity contribution is 6.00. The lowest BCUT2D eigenvalue weighted by Gasteiger charge is -2.22. The van der Waals surface area contributed by atoms with E-state index >= 15 is 0 Å². The van der Waals surface area contributed by atoms with Gasteiger partial charge in [-0.1, -0.05) is 12.5 Å². The van der Waals surface area contributed by atoms with Crippen LogP contribution in [0.1, 0.15) is 34.1 Å². The average molecular weight is 465 g/mol. The molecule has 4 rings (SSSR count). The molecule has 1 aliphatic rings. The van der Waals surface area contributed by atoms with E-state index in [0.29, 0.717) is 31.0 Å². The largest absolute Gasteiger partial charge is 0.383 e. The van der Waals surface area contributed by atoms with Crippen molar-refractivity contribution >= 4 is 23.3 Å². The Labute approximate surface area is 195 Å². The summed E-state index contributed by atoms with van der Waals surface area (Å²) >= 11 is 0. The van der Waals surface area contributed by atoms with E-state index in [2.05, 4.69) is 33.8 Å². The van der Waals surface area contributed by atoms with E-state index in [0.717, 1.165) is 0 Å². The number of nitrogens with two attached hydrogens (primary N) is 1. The van der Waals surface area contributed by atoms with Crippen molar-refractivity contribution in [2.75, 3.05) is 32.6 Å². The van der Waals surface area contributed by atoms with Crippen LogP contribution in [0.25, 0.3) is 5.65 Å². The fourth-order valence-corrected chi connectivity index (χ4v) is 4.22. The van der Waals surface area contributed by atoms with Crippen molar-refractivity contribution in [2.45, 2.75) is 18.5 Å². The molecule has 4 heterocycles. The van der Waals surface area contributed by atoms with Gasteiger partial charge in [0.05, 0.1) is 24.3 Å². The zero-order valence-corrected chi connectivity index (χ0v) is 18.8. The van der Waals surface area contributed by atoms with Crippen LogP contribution in [0.4, 0.5) is 10.2 Å². The van der Waals surface area contributed by atoms with Gasteiger partial charge in [-0.15, -0.1) is 0 Å². The minimum absolute atomic E-state index is 0.0917. The summed E-state index contributed by atoms with van der Waals surface area (Å²) in [7, 11) is 3.20. The number of likely N-dealkylation sites (tertiary alicyclic amines) is 1. The van der Waals surface area contributed by atoms with Gasteiger partial charge in [0.2, 0.25) is 5.91 Å². The number of hydrogen-bond donors (Lipinski definition) is 2. The number of nitrogens with zero attached hydrogens (tertiary/aromatic N) is 5. The summed E-state index contributed by atoms with van der Waals surface area (Å²) < 4.78 is 22.9. The number of fused-ring (bicyclic) bond motifs is 1. The molecule has 0 aromatic carbocycles. The van der Waals surface area contributed by atoms with E-state index in [1.807, 2.05) is 0 Å². The molecule has 10 nitrogen and oxygen atoms in total. The third-order valence-electron chi connectivity index (χ3n) is 5.75. The minimum Gasteiger partial charge on any atom is -0.383 e. The Morgan fingerprint density at radius 3 is 2.91 bits per heavy atom. The van der Waals surface area contributed by atoms with Crippen LogP contribution in [0.15, 0.2) is 37.3 Å². The molecule has 0 aliphatic carbocycles. The van der Waals surface area contributed by atoms with Crippen LogP contribution < -0.4 is 11.1 Å². The lowest BCUT2D eigenvalue weighted by atomic mass is 10.1. The number of nitrogens with one attached hydrogen (secondary N) is 1. The fourth-order valence-electron chi connectivity index (χ4n) is 4.22. The van der Waals surface area contributed by atoms with Crippen molar-refractivity contribution in [2.24, 2.45) is 5.73 Å². The molecule has 0 saturated carbocycles. The number of amides is 2. The van der Waals surface area contributed by atoms with E-state index in [1.54, 1.807) is 36.1 Å². The monoisotopic (exact) mass is 465 g/mol. The molecule has 0 bridgehead atoms. The molecular formula is C23H24FN7O3. The molecule has 1 aliphatic heterocycles. The predicted molar refractivity (Wildman–Crippen MR) is 123 cm³/mol. The van der Waals surface area contributed by atoms with Crippen LogP contribution in [0.2, 0.25) is 0 Å². The average Bonchev–Trinajstić information content (AvgIpc) is 3.53. The van der Waals surface area contributed by atoms with Crippen molar-refractivity contribution in [1.82, 2.24) is 24.1 Å². The number of hydrogen-bond acceptors (Lipinski definition) is 6. The second kappa shape index (κ2) is 9.36. The van der Waals surface area contributed by atoms with Crippen molar-refractivity contribution in [3.05, 3.63) is 59.9 Å². The summed E-state index contributed by atoms with van der Waals surface area (Å²) in [5.41, 5.74) is 6.49. The fraction of sp³-hybridized carbons (Fsp3) is 0.304. The first kappa shape index (κ1) is 23.0. The summed E-state index contributed by atoms with van der Waals surface area (Å²) in [6.45, 7) is 4.25. The molecule has 11 heteroatoms. The molecule has 3 aromatic heterocycles. The number of imidazole rings is 1. The van der Waals surface area contributed by atoms with E-state index in [9.17, 15) is 14.0 Å². The molecule has 3 N–H and O–H groups in total. The van der Waals surface area contributed by atoms with Crippen LogP contribution in [0.5, 0.6) is 0 Å². The number of carbonyl (C=O) groups excluding carboxylic acids is 2. The summed E-state index contributed by atoms with van der Waals surface area (Å²) in [6, 6.07) is 1.06. The van der Waals surface area contributed by atoms with Gasteiger partial charge >= 0.3 is 0 Å². The van der Waals surface area contributed by atoms with Crippen molar-refractivity contribution in [1.29, 1.82) is 0 Å². The molecule has 2 amide bonds. The van der Waals surface area contributed by atoms with Crippen LogP contribution in [-0.2, 0) is 9.53 Å². The lowest BCUT2D eigenvalue weighted by Crippen LogP contribution is -2.37. The zero-order chi connectivity index (χ0) is 24.4. The van der Waals surface area contributed by atoms with Crippen LogP contribution >= 0.6 is 0 Å². The number of anilines is 1. The maximum absolute atomic E-state index is 14.5. The first-order valence-corrected chi connectivity index (χ1v) is 10.5. The zero-order valence-electron chi connectivity index (χ0n) is 18.8. The Bertz CT molecular complexity index is 1330. The van der Waals surface area contributed by atoms with Gasteiger partial charge < -0.3 is 25.1 Å². The van der Waals surface area contributed by atoms with Gasteiger partial charge in [-0.2, -0.15) is 5.10 Å². The Hall–Kier alpha value is -4.17. The summed E-state index contributed by atoms with van der Waals surface area (Å²) in [5.74, 6) is 4.41. The van der Waals surface area contributed by atoms with Crippen LogP contribution in [0.3, 0.4) is 0 Å². The molecule has 34 heavy (non-hydrogen) atoms. The maximum Gasteiger partial charge on any atom is 0.255 e.